The van der Waals surface area contributed by atoms with Gasteiger partial charge in [-0.2, -0.15) is 0 Å². The number of phenols is 1. The van der Waals surface area contributed by atoms with Crippen LogP contribution in [0.15, 0.2) is 17.7 Å². The van der Waals surface area contributed by atoms with Crippen molar-refractivity contribution in [3.8, 4) is 11.5 Å². The van der Waals surface area contributed by atoms with Gasteiger partial charge in [0.25, 0.3) is 0 Å². The fourth-order valence-corrected chi connectivity index (χ4v) is 4.33. The first-order chi connectivity index (χ1) is 11.3. The number of phenolic OH excluding ortho intramolecular Hbond substituents is 1. The molecule has 0 saturated carbocycles. The van der Waals surface area contributed by atoms with Crippen molar-refractivity contribution in [2.75, 3.05) is 0 Å². The van der Waals surface area contributed by atoms with E-state index in [1.54, 1.807) is 0 Å². The average molecular weight is 332 g/mol. The molecule has 3 rings (SSSR count). The number of hydrogen-bond acceptors (Lipinski definition) is 2. The van der Waals surface area contributed by atoms with E-state index in [9.17, 15) is 9.50 Å². The van der Waals surface area contributed by atoms with E-state index in [4.69, 9.17) is 4.74 Å². The molecule has 0 amide bonds. The number of halogens is 1. The smallest absolute Gasteiger partial charge is 0.168 e. The Morgan fingerprint density at radius 3 is 2.79 bits per heavy atom. The van der Waals surface area contributed by atoms with E-state index in [0.717, 1.165) is 32.1 Å². The lowest BCUT2D eigenvalue weighted by Gasteiger charge is -2.46. The number of allylic oxidation sites excluding steroid dienone is 2. The zero-order valence-corrected chi connectivity index (χ0v) is 15.3. The summed E-state index contributed by atoms with van der Waals surface area (Å²) >= 11 is 0. The van der Waals surface area contributed by atoms with Gasteiger partial charge in [-0.25, -0.2) is 4.39 Å². The molecule has 0 aromatic heterocycles. The summed E-state index contributed by atoms with van der Waals surface area (Å²) in [6, 6.07) is 1.83. The van der Waals surface area contributed by atoms with Gasteiger partial charge in [0.05, 0.1) is 0 Å². The third kappa shape index (κ3) is 2.94. The van der Waals surface area contributed by atoms with E-state index in [1.165, 1.54) is 5.57 Å². The van der Waals surface area contributed by atoms with Crippen LogP contribution in [0.5, 0.6) is 11.5 Å². The van der Waals surface area contributed by atoms with Crippen LogP contribution in [0.25, 0.3) is 0 Å². The quantitative estimate of drug-likeness (QED) is 0.551. The molecule has 2 aliphatic rings. The lowest BCUT2D eigenvalue weighted by molar-refractivity contribution is 0.0104. The second kappa shape index (κ2) is 6.42. The first kappa shape index (κ1) is 17.3. The summed E-state index contributed by atoms with van der Waals surface area (Å²) in [6.07, 6.45) is 7.99. The van der Waals surface area contributed by atoms with Crippen LogP contribution in [-0.2, 0) is 6.42 Å². The van der Waals surface area contributed by atoms with Crippen LogP contribution < -0.4 is 4.74 Å². The van der Waals surface area contributed by atoms with Crippen LogP contribution in [0.4, 0.5) is 4.39 Å². The van der Waals surface area contributed by atoms with Crippen molar-refractivity contribution in [1.82, 2.24) is 0 Å². The normalized spacial score (nSPS) is 24.6. The highest BCUT2D eigenvalue weighted by atomic mass is 19.1. The Kier molecular flexibility index (Phi) is 4.63. The molecule has 0 saturated heterocycles. The fourth-order valence-electron chi connectivity index (χ4n) is 4.33. The zero-order valence-electron chi connectivity index (χ0n) is 15.3. The predicted molar refractivity (Wildman–Crippen MR) is 95.2 cm³/mol. The summed E-state index contributed by atoms with van der Waals surface area (Å²) < 4.78 is 21.0. The molecule has 0 unspecified atom stereocenters. The van der Waals surface area contributed by atoms with Crippen molar-refractivity contribution >= 4 is 0 Å². The topological polar surface area (TPSA) is 29.5 Å². The van der Waals surface area contributed by atoms with Gasteiger partial charge in [0.15, 0.2) is 11.6 Å². The minimum atomic E-state index is -0.455. The highest BCUT2D eigenvalue weighted by Crippen LogP contribution is 2.54. The number of aryl methyl sites for hydroxylation is 1. The molecule has 2 nitrogen and oxygen atoms in total. The molecule has 3 heteroatoms. The van der Waals surface area contributed by atoms with Crippen molar-refractivity contribution in [2.24, 2.45) is 5.92 Å². The molecule has 1 aliphatic heterocycles. The number of fused-ring (bicyclic) bond motifs is 3. The van der Waals surface area contributed by atoms with E-state index in [2.05, 4.69) is 33.8 Å². The number of rotatable bonds is 4. The first-order valence-corrected chi connectivity index (χ1v) is 9.25. The second-order valence-corrected chi connectivity index (χ2v) is 7.96. The Bertz CT molecular complexity index is 660. The van der Waals surface area contributed by atoms with E-state index < -0.39 is 5.82 Å². The van der Waals surface area contributed by atoms with Crippen LogP contribution in [0, 0.1) is 11.7 Å². The van der Waals surface area contributed by atoms with E-state index >= 15 is 0 Å². The molecule has 132 valence electrons. The van der Waals surface area contributed by atoms with Crippen molar-refractivity contribution in [3.63, 3.8) is 0 Å². The molecule has 0 fully saturated rings. The highest BCUT2D eigenvalue weighted by molar-refractivity contribution is 5.54. The predicted octanol–water partition coefficient (Wildman–Crippen LogP) is 5.87. The Morgan fingerprint density at radius 2 is 2.08 bits per heavy atom. The van der Waals surface area contributed by atoms with Crippen molar-refractivity contribution in [1.29, 1.82) is 0 Å². The Balaban J connectivity index is 2.06. The molecular weight excluding hydrogens is 303 g/mol. The number of aromatic hydroxyl groups is 1. The molecular formula is C21H29FO2. The number of benzene rings is 1. The Hall–Kier alpha value is -1.51. The third-order valence-corrected chi connectivity index (χ3v) is 5.71. The van der Waals surface area contributed by atoms with Gasteiger partial charge in [-0.15, -0.1) is 0 Å². The molecule has 1 aromatic carbocycles. The van der Waals surface area contributed by atoms with E-state index in [-0.39, 0.29) is 23.2 Å². The number of unbranched alkanes of at least 4 members (excludes halogenated alkanes) is 2. The minimum absolute atomic E-state index is 0.0386. The standard InChI is InChI=1S/C21H29FO2/c1-5-6-7-8-14-12-17-18(20(23)19(14)22)15-11-13(2)9-10-16(15)21(3,4)24-17/h11-12,15-16,23H,5-10H2,1-4H3/t15-,16-/m1/s1. The monoisotopic (exact) mass is 332 g/mol. The van der Waals surface area contributed by atoms with Crippen molar-refractivity contribution < 1.29 is 14.2 Å². The zero-order chi connectivity index (χ0) is 17.5. The number of ether oxygens (including phenoxy) is 1. The van der Waals surface area contributed by atoms with Gasteiger partial charge < -0.3 is 9.84 Å². The Morgan fingerprint density at radius 1 is 1.33 bits per heavy atom. The molecule has 24 heavy (non-hydrogen) atoms. The van der Waals surface area contributed by atoms with Crippen LogP contribution in [0.1, 0.15) is 76.8 Å². The average Bonchev–Trinajstić information content (AvgIpc) is 2.51. The maximum absolute atomic E-state index is 14.7. The summed E-state index contributed by atoms with van der Waals surface area (Å²) in [5.41, 5.74) is 2.23. The van der Waals surface area contributed by atoms with Gasteiger partial charge in [0.2, 0.25) is 0 Å². The second-order valence-electron chi connectivity index (χ2n) is 7.96. The molecule has 1 heterocycles. The Labute approximate surface area is 144 Å². The van der Waals surface area contributed by atoms with Gasteiger partial charge in [0.1, 0.15) is 11.4 Å². The van der Waals surface area contributed by atoms with Gasteiger partial charge >= 0.3 is 0 Å². The van der Waals surface area contributed by atoms with Gasteiger partial charge in [0, 0.05) is 17.4 Å². The van der Waals surface area contributed by atoms with Crippen LogP contribution in [0.3, 0.4) is 0 Å². The largest absolute Gasteiger partial charge is 0.505 e. The maximum Gasteiger partial charge on any atom is 0.168 e. The van der Waals surface area contributed by atoms with E-state index in [0.29, 0.717) is 23.3 Å². The van der Waals surface area contributed by atoms with Crippen molar-refractivity contribution in [3.05, 3.63) is 34.7 Å². The summed E-state index contributed by atoms with van der Waals surface area (Å²) in [4.78, 5) is 0. The maximum atomic E-state index is 14.7. The molecule has 1 N–H and O–H groups in total. The summed E-state index contributed by atoms with van der Waals surface area (Å²) in [6.45, 7) is 8.47. The first-order valence-electron chi connectivity index (χ1n) is 9.25. The van der Waals surface area contributed by atoms with Gasteiger partial charge in [-0.1, -0.05) is 31.4 Å². The molecule has 1 aromatic rings. The highest BCUT2D eigenvalue weighted by Gasteiger charge is 2.45. The SMILES string of the molecule is CCCCCc1cc2c(c(O)c1F)[C@@H]1C=C(C)CC[C@H]1C(C)(C)O2. The third-order valence-electron chi connectivity index (χ3n) is 5.71. The van der Waals surface area contributed by atoms with E-state index in [1.807, 2.05) is 6.07 Å². The van der Waals surface area contributed by atoms with Crippen LogP contribution in [-0.4, -0.2) is 10.7 Å². The fraction of sp³-hybridized carbons (Fsp3) is 0.619. The van der Waals surface area contributed by atoms with Crippen LogP contribution >= 0.6 is 0 Å². The summed E-state index contributed by atoms with van der Waals surface area (Å²) in [7, 11) is 0. The van der Waals surface area contributed by atoms with Crippen LogP contribution in [0.2, 0.25) is 0 Å². The minimum Gasteiger partial charge on any atom is -0.505 e. The lowest BCUT2D eigenvalue weighted by Crippen LogP contribution is -2.45. The molecule has 1 aliphatic carbocycles. The molecule has 0 spiro atoms. The van der Waals surface area contributed by atoms with Gasteiger partial charge in [-0.3, -0.25) is 0 Å². The summed E-state index contributed by atoms with van der Waals surface area (Å²) in [5.74, 6) is 0.318. The van der Waals surface area contributed by atoms with Gasteiger partial charge in [-0.05, 0) is 58.1 Å². The summed E-state index contributed by atoms with van der Waals surface area (Å²) in [5, 5.41) is 10.6. The van der Waals surface area contributed by atoms with Crippen molar-refractivity contribution in [2.45, 2.75) is 77.7 Å². The lowest BCUT2D eigenvalue weighted by atomic mass is 9.68. The molecule has 0 radical (unpaired) electrons. The molecule has 2 atom stereocenters. The number of hydrogen-bond donors (Lipinski definition) is 1. The molecule has 0 bridgehead atoms.